The third kappa shape index (κ3) is 7.84. The molecule has 0 saturated heterocycles. The van der Waals surface area contributed by atoms with Gasteiger partial charge >= 0.3 is 0 Å². The number of nitrogens with zero attached hydrogens (tertiary/aromatic N) is 1. The molecule has 0 aliphatic rings. The van der Waals surface area contributed by atoms with Gasteiger partial charge in [0.15, 0.2) is 5.96 Å². The zero-order chi connectivity index (χ0) is 15.7. The molecule has 0 saturated carbocycles. The van der Waals surface area contributed by atoms with Crippen LogP contribution in [0.5, 0.6) is 5.75 Å². The van der Waals surface area contributed by atoms with Crippen LogP contribution in [-0.2, 0) is 10.2 Å². The Balaban J connectivity index is 0.00000441. The number of para-hydroxylation sites is 1. The van der Waals surface area contributed by atoms with Gasteiger partial charge in [0.1, 0.15) is 12.4 Å². The average molecular weight is 421 g/mol. The first-order valence-corrected chi connectivity index (χ1v) is 7.20. The molecule has 0 radical (unpaired) electrons. The summed E-state index contributed by atoms with van der Waals surface area (Å²) in [5.41, 5.74) is 6.98. The molecule has 126 valence electrons. The van der Waals surface area contributed by atoms with Crippen molar-refractivity contribution < 1.29 is 9.47 Å². The number of methoxy groups -OCH3 is 1. The number of hydrogen-bond acceptors (Lipinski definition) is 3. The summed E-state index contributed by atoms with van der Waals surface area (Å²) < 4.78 is 10.7. The Hall–Kier alpha value is -1.02. The van der Waals surface area contributed by atoms with Crippen LogP contribution in [0.4, 0.5) is 0 Å². The van der Waals surface area contributed by atoms with Crippen LogP contribution >= 0.6 is 24.0 Å². The molecule has 0 bridgehead atoms. The lowest BCUT2D eigenvalue weighted by Gasteiger charge is -2.22. The van der Waals surface area contributed by atoms with Crippen LogP contribution in [0.15, 0.2) is 29.3 Å². The van der Waals surface area contributed by atoms with Gasteiger partial charge in [0.2, 0.25) is 0 Å². The zero-order valence-electron chi connectivity index (χ0n) is 13.9. The first-order valence-electron chi connectivity index (χ1n) is 7.20. The van der Waals surface area contributed by atoms with E-state index in [1.807, 2.05) is 18.2 Å². The van der Waals surface area contributed by atoms with Crippen LogP contribution in [-0.4, -0.2) is 39.4 Å². The number of halogens is 1. The van der Waals surface area contributed by atoms with Crippen LogP contribution < -0.4 is 15.8 Å². The van der Waals surface area contributed by atoms with E-state index in [0.29, 0.717) is 32.3 Å². The molecule has 0 aliphatic heterocycles. The van der Waals surface area contributed by atoms with Crippen LogP contribution in [0.25, 0.3) is 0 Å². The molecular weight excluding hydrogens is 393 g/mol. The summed E-state index contributed by atoms with van der Waals surface area (Å²) in [7, 11) is 1.64. The van der Waals surface area contributed by atoms with Crippen LogP contribution in [0.1, 0.15) is 26.3 Å². The summed E-state index contributed by atoms with van der Waals surface area (Å²) in [6, 6.07) is 8.12. The second kappa shape index (κ2) is 10.7. The van der Waals surface area contributed by atoms with E-state index in [-0.39, 0.29) is 29.4 Å². The Morgan fingerprint density at radius 2 is 1.91 bits per heavy atom. The number of guanidine groups is 1. The lowest BCUT2D eigenvalue weighted by Crippen LogP contribution is -2.35. The molecule has 0 aliphatic carbocycles. The molecule has 0 unspecified atom stereocenters. The molecule has 0 atom stereocenters. The fourth-order valence-corrected chi connectivity index (χ4v) is 1.87. The second-order valence-corrected chi connectivity index (χ2v) is 5.78. The Bertz CT molecular complexity index is 459. The summed E-state index contributed by atoms with van der Waals surface area (Å²) in [6.45, 7) is 8.80. The molecule has 0 fully saturated rings. The SMILES string of the molecule is COCCN=C(N)NCCOc1ccccc1C(C)(C)C.I. The van der Waals surface area contributed by atoms with Gasteiger partial charge in [-0.1, -0.05) is 39.0 Å². The first-order chi connectivity index (χ1) is 9.95. The number of aliphatic imine (C=N–C) groups is 1. The largest absolute Gasteiger partial charge is 0.491 e. The first kappa shape index (κ1) is 21.0. The van der Waals surface area contributed by atoms with Crippen LogP contribution in [0.3, 0.4) is 0 Å². The Labute approximate surface area is 150 Å². The van der Waals surface area contributed by atoms with Crippen LogP contribution in [0, 0.1) is 0 Å². The van der Waals surface area contributed by atoms with Crippen molar-refractivity contribution in [3.05, 3.63) is 29.8 Å². The average Bonchev–Trinajstić information content (AvgIpc) is 2.43. The summed E-state index contributed by atoms with van der Waals surface area (Å²) >= 11 is 0. The predicted octanol–water partition coefficient (Wildman–Crippen LogP) is 2.53. The molecule has 22 heavy (non-hydrogen) atoms. The molecule has 0 amide bonds. The fourth-order valence-electron chi connectivity index (χ4n) is 1.87. The van der Waals surface area contributed by atoms with Gasteiger partial charge in [-0.2, -0.15) is 0 Å². The third-order valence-electron chi connectivity index (χ3n) is 2.94. The minimum absolute atomic E-state index is 0. The highest BCUT2D eigenvalue weighted by molar-refractivity contribution is 14.0. The summed E-state index contributed by atoms with van der Waals surface area (Å²) in [6.07, 6.45) is 0. The van der Waals surface area contributed by atoms with Crippen molar-refractivity contribution in [2.75, 3.05) is 33.4 Å². The summed E-state index contributed by atoms with van der Waals surface area (Å²) in [5, 5.41) is 3.02. The van der Waals surface area contributed by atoms with Gasteiger partial charge < -0.3 is 20.5 Å². The van der Waals surface area contributed by atoms with Gasteiger partial charge in [0.25, 0.3) is 0 Å². The van der Waals surface area contributed by atoms with Gasteiger partial charge in [-0.05, 0) is 17.0 Å². The van der Waals surface area contributed by atoms with Gasteiger partial charge in [0, 0.05) is 7.11 Å². The molecule has 1 aromatic carbocycles. The minimum atomic E-state index is 0. The van der Waals surface area contributed by atoms with Crippen molar-refractivity contribution >= 4 is 29.9 Å². The maximum absolute atomic E-state index is 5.84. The number of benzene rings is 1. The maximum Gasteiger partial charge on any atom is 0.188 e. The standard InChI is InChI=1S/C16H27N3O2.HI/c1-16(2,3)13-7-5-6-8-14(13)21-12-10-19-15(17)18-9-11-20-4;/h5-8H,9-12H2,1-4H3,(H3,17,18,19);1H. The van der Waals surface area contributed by atoms with Crippen molar-refractivity contribution in [3.63, 3.8) is 0 Å². The van der Waals surface area contributed by atoms with Crippen molar-refractivity contribution in [3.8, 4) is 5.75 Å². The Kier molecular flexibility index (Phi) is 10.2. The van der Waals surface area contributed by atoms with E-state index in [9.17, 15) is 0 Å². The quantitative estimate of drug-likeness (QED) is 0.307. The van der Waals surface area contributed by atoms with Gasteiger partial charge in [-0.25, -0.2) is 0 Å². The maximum atomic E-state index is 5.84. The van der Waals surface area contributed by atoms with E-state index in [4.69, 9.17) is 15.2 Å². The highest BCUT2D eigenvalue weighted by Crippen LogP contribution is 2.30. The highest BCUT2D eigenvalue weighted by atomic mass is 127. The summed E-state index contributed by atoms with van der Waals surface area (Å²) in [4.78, 5) is 4.12. The number of ether oxygens (including phenoxy) is 2. The number of nitrogens with two attached hydrogens (primary N) is 1. The number of hydrogen-bond donors (Lipinski definition) is 2. The van der Waals surface area contributed by atoms with E-state index in [1.54, 1.807) is 7.11 Å². The second-order valence-electron chi connectivity index (χ2n) is 5.78. The van der Waals surface area contributed by atoms with E-state index in [1.165, 1.54) is 5.56 Å². The zero-order valence-corrected chi connectivity index (χ0v) is 16.2. The Morgan fingerprint density at radius 1 is 1.23 bits per heavy atom. The van der Waals surface area contributed by atoms with Crippen molar-refractivity contribution in [2.24, 2.45) is 10.7 Å². The van der Waals surface area contributed by atoms with E-state index in [2.05, 4.69) is 37.1 Å². The number of nitrogens with one attached hydrogen (secondary N) is 1. The van der Waals surface area contributed by atoms with Crippen molar-refractivity contribution in [2.45, 2.75) is 26.2 Å². The lowest BCUT2D eigenvalue weighted by atomic mass is 9.86. The third-order valence-corrected chi connectivity index (χ3v) is 2.94. The minimum Gasteiger partial charge on any atom is -0.491 e. The molecule has 0 aromatic heterocycles. The molecule has 6 heteroatoms. The molecular formula is C16H28IN3O2. The molecule has 1 aromatic rings. The van der Waals surface area contributed by atoms with Crippen LogP contribution in [0.2, 0.25) is 0 Å². The lowest BCUT2D eigenvalue weighted by molar-refractivity contribution is 0.208. The highest BCUT2D eigenvalue weighted by Gasteiger charge is 2.18. The molecule has 0 heterocycles. The molecule has 1 rings (SSSR count). The topological polar surface area (TPSA) is 68.9 Å². The van der Waals surface area contributed by atoms with Crippen molar-refractivity contribution in [1.29, 1.82) is 0 Å². The van der Waals surface area contributed by atoms with E-state index in [0.717, 1.165) is 5.75 Å². The molecule has 0 spiro atoms. The predicted molar refractivity (Wildman–Crippen MR) is 102 cm³/mol. The van der Waals surface area contributed by atoms with E-state index >= 15 is 0 Å². The monoisotopic (exact) mass is 421 g/mol. The van der Waals surface area contributed by atoms with Crippen molar-refractivity contribution in [1.82, 2.24) is 5.32 Å². The van der Waals surface area contributed by atoms with Gasteiger partial charge in [-0.3, -0.25) is 4.99 Å². The number of rotatable bonds is 7. The molecule has 3 N–H and O–H groups in total. The van der Waals surface area contributed by atoms with E-state index < -0.39 is 0 Å². The fraction of sp³-hybridized carbons (Fsp3) is 0.562. The summed E-state index contributed by atoms with van der Waals surface area (Å²) in [5.74, 6) is 1.33. The Morgan fingerprint density at radius 3 is 2.55 bits per heavy atom. The smallest absolute Gasteiger partial charge is 0.188 e. The van der Waals surface area contributed by atoms with Gasteiger partial charge in [-0.15, -0.1) is 24.0 Å². The normalized spacial score (nSPS) is 11.7. The van der Waals surface area contributed by atoms with Gasteiger partial charge in [0.05, 0.1) is 19.7 Å². The molecule has 5 nitrogen and oxygen atoms in total.